The van der Waals surface area contributed by atoms with Gasteiger partial charge in [0, 0.05) is 6.42 Å². The normalized spacial score (nSPS) is 17.1. The summed E-state index contributed by atoms with van der Waals surface area (Å²) in [5.74, 6) is 0.886. The fraction of sp³-hybridized carbons (Fsp3) is 0.588. The molecule has 2 N–H and O–H groups in total. The lowest BCUT2D eigenvalue weighted by atomic mass is 10.0. The number of benzene rings is 1. The van der Waals surface area contributed by atoms with Crippen LogP contribution in [0.3, 0.4) is 0 Å². The molecule has 1 aliphatic carbocycles. The van der Waals surface area contributed by atoms with Gasteiger partial charge in [-0.1, -0.05) is 56.0 Å². The topological polar surface area (TPSA) is 49.3 Å². The molecule has 1 aromatic rings. The van der Waals surface area contributed by atoms with Gasteiger partial charge >= 0.3 is 0 Å². The maximum atomic E-state index is 11.9. The molecule has 0 aromatic heterocycles. The molecule has 2 rings (SSSR count). The summed E-state index contributed by atoms with van der Waals surface area (Å²) in [4.78, 5) is 11.9. The predicted octanol–water partition coefficient (Wildman–Crippen LogP) is 3.20. The van der Waals surface area contributed by atoms with Crippen molar-refractivity contribution in [2.45, 2.75) is 51.0 Å². The van der Waals surface area contributed by atoms with E-state index >= 15 is 0 Å². The monoisotopic (exact) mass is 275 g/mol. The Morgan fingerprint density at radius 3 is 2.60 bits per heavy atom. The molecule has 3 nitrogen and oxygen atoms in total. The van der Waals surface area contributed by atoms with Crippen molar-refractivity contribution in [1.29, 1.82) is 0 Å². The van der Waals surface area contributed by atoms with Gasteiger partial charge in [0.2, 0.25) is 5.91 Å². The highest BCUT2D eigenvalue weighted by Crippen LogP contribution is 2.28. The van der Waals surface area contributed by atoms with E-state index in [1.165, 1.54) is 32.1 Å². The molecule has 0 heterocycles. The van der Waals surface area contributed by atoms with Crippen LogP contribution in [-0.4, -0.2) is 17.6 Å². The number of aliphatic hydroxyl groups is 1. The molecule has 0 saturated heterocycles. The number of carbonyl (C=O) groups is 1. The molecule has 1 saturated carbocycles. The molecular weight excluding hydrogens is 250 g/mol. The summed E-state index contributed by atoms with van der Waals surface area (Å²) >= 11 is 0. The highest BCUT2D eigenvalue weighted by atomic mass is 16.3. The van der Waals surface area contributed by atoms with Gasteiger partial charge in [-0.2, -0.15) is 0 Å². The molecule has 0 bridgehead atoms. The Labute approximate surface area is 121 Å². The lowest BCUT2D eigenvalue weighted by Crippen LogP contribution is -2.30. The van der Waals surface area contributed by atoms with Gasteiger partial charge in [0.15, 0.2) is 0 Å². The van der Waals surface area contributed by atoms with Gasteiger partial charge in [0.25, 0.3) is 0 Å². The van der Waals surface area contributed by atoms with E-state index in [0.29, 0.717) is 6.42 Å². The number of rotatable bonds is 7. The van der Waals surface area contributed by atoms with Crippen LogP contribution in [0.25, 0.3) is 0 Å². The largest absolute Gasteiger partial charge is 0.394 e. The summed E-state index contributed by atoms with van der Waals surface area (Å²) in [5, 5.41) is 12.3. The van der Waals surface area contributed by atoms with Crippen molar-refractivity contribution in [2.75, 3.05) is 6.61 Å². The number of nitrogens with one attached hydrogen (secondary N) is 1. The summed E-state index contributed by atoms with van der Waals surface area (Å²) in [5.41, 5.74) is 0.958. The van der Waals surface area contributed by atoms with Gasteiger partial charge in [-0.15, -0.1) is 0 Å². The summed E-state index contributed by atoms with van der Waals surface area (Å²) in [7, 11) is 0. The molecule has 0 radical (unpaired) electrons. The molecule has 110 valence electrons. The zero-order valence-corrected chi connectivity index (χ0v) is 12.1. The van der Waals surface area contributed by atoms with Gasteiger partial charge in [0.05, 0.1) is 12.6 Å². The Morgan fingerprint density at radius 1 is 1.25 bits per heavy atom. The summed E-state index contributed by atoms with van der Waals surface area (Å²) in [6.07, 6.45) is 8.09. The smallest absolute Gasteiger partial charge is 0.220 e. The Hall–Kier alpha value is -1.35. The lowest BCUT2D eigenvalue weighted by Gasteiger charge is -2.17. The van der Waals surface area contributed by atoms with Crippen molar-refractivity contribution in [2.24, 2.45) is 5.92 Å². The van der Waals surface area contributed by atoms with Crippen molar-refractivity contribution in [3.8, 4) is 0 Å². The summed E-state index contributed by atoms with van der Waals surface area (Å²) in [6, 6.07) is 9.35. The molecule has 1 fully saturated rings. The first-order valence-electron chi connectivity index (χ1n) is 7.74. The Bertz CT molecular complexity index is 399. The standard InChI is InChI=1S/C17H25NO2/c19-13-16(15-10-2-1-3-11-15)18-17(20)12-6-9-14-7-4-5-8-14/h1-3,10-11,14,16,19H,4-9,12-13H2,(H,18,20)/t16-/m1/s1. The molecule has 0 unspecified atom stereocenters. The first-order valence-corrected chi connectivity index (χ1v) is 7.74. The molecule has 0 aliphatic heterocycles. The average Bonchev–Trinajstić information content (AvgIpc) is 2.99. The Kier molecular flexibility index (Phi) is 6.06. The van der Waals surface area contributed by atoms with Crippen LogP contribution in [-0.2, 0) is 4.79 Å². The SMILES string of the molecule is O=C(CCCC1CCCC1)N[C@H](CO)c1ccccc1. The van der Waals surface area contributed by atoms with E-state index in [9.17, 15) is 9.90 Å². The van der Waals surface area contributed by atoms with Crippen LogP contribution >= 0.6 is 0 Å². The molecule has 1 aliphatic rings. The number of carbonyl (C=O) groups excluding carboxylic acids is 1. The maximum Gasteiger partial charge on any atom is 0.220 e. The van der Waals surface area contributed by atoms with E-state index in [1.54, 1.807) is 0 Å². The number of amides is 1. The van der Waals surface area contributed by atoms with Crippen LogP contribution < -0.4 is 5.32 Å². The van der Waals surface area contributed by atoms with E-state index in [0.717, 1.165) is 17.9 Å². The summed E-state index contributed by atoms with van der Waals surface area (Å²) in [6.45, 7) is -0.0572. The number of hydrogen-bond acceptors (Lipinski definition) is 2. The molecule has 1 amide bonds. The van der Waals surface area contributed by atoms with E-state index in [4.69, 9.17) is 0 Å². The molecule has 3 heteroatoms. The van der Waals surface area contributed by atoms with Crippen LogP contribution in [0, 0.1) is 5.92 Å². The second-order valence-electron chi connectivity index (χ2n) is 5.76. The van der Waals surface area contributed by atoms with Crippen LogP contribution in [0.5, 0.6) is 0 Å². The van der Waals surface area contributed by atoms with Gasteiger partial charge in [-0.05, 0) is 24.3 Å². The van der Waals surface area contributed by atoms with E-state index in [1.807, 2.05) is 30.3 Å². The second kappa shape index (κ2) is 8.05. The highest BCUT2D eigenvalue weighted by molar-refractivity contribution is 5.76. The summed E-state index contributed by atoms with van der Waals surface area (Å²) < 4.78 is 0. The van der Waals surface area contributed by atoms with E-state index in [2.05, 4.69) is 5.32 Å². The van der Waals surface area contributed by atoms with Crippen molar-refractivity contribution in [3.05, 3.63) is 35.9 Å². The third-order valence-electron chi connectivity index (χ3n) is 4.21. The van der Waals surface area contributed by atoms with Crippen LogP contribution in [0.2, 0.25) is 0 Å². The third kappa shape index (κ3) is 4.64. The van der Waals surface area contributed by atoms with Crippen LogP contribution in [0.1, 0.15) is 56.6 Å². The van der Waals surface area contributed by atoms with Gasteiger partial charge < -0.3 is 10.4 Å². The van der Waals surface area contributed by atoms with Crippen molar-refractivity contribution < 1.29 is 9.90 Å². The number of aliphatic hydroxyl groups excluding tert-OH is 1. The van der Waals surface area contributed by atoms with Crippen LogP contribution in [0.4, 0.5) is 0 Å². The van der Waals surface area contributed by atoms with Gasteiger partial charge in [-0.25, -0.2) is 0 Å². The average molecular weight is 275 g/mol. The Balaban J connectivity index is 1.72. The fourth-order valence-electron chi connectivity index (χ4n) is 3.04. The minimum Gasteiger partial charge on any atom is -0.394 e. The Morgan fingerprint density at radius 2 is 1.95 bits per heavy atom. The minimum atomic E-state index is -0.282. The third-order valence-corrected chi connectivity index (χ3v) is 4.21. The van der Waals surface area contributed by atoms with E-state index < -0.39 is 0 Å². The maximum absolute atomic E-state index is 11.9. The van der Waals surface area contributed by atoms with Crippen LogP contribution in [0.15, 0.2) is 30.3 Å². The number of hydrogen-bond donors (Lipinski definition) is 2. The minimum absolute atomic E-state index is 0.0471. The van der Waals surface area contributed by atoms with Gasteiger partial charge in [-0.3, -0.25) is 4.79 Å². The molecule has 20 heavy (non-hydrogen) atoms. The first kappa shape index (κ1) is 15.0. The lowest BCUT2D eigenvalue weighted by molar-refractivity contribution is -0.122. The zero-order chi connectivity index (χ0) is 14.2. The molecule has 0 spiro atoms. The molecular formula is C17H25NO2. The fourth-order valence-corrected chi connectivity index (χ4v) is 3.04. The quantitative estimate of drug-likeness (QED) is 0.803. The molecule has 1 atom stereocenters. The van der Waals surface area contributed by atoms with Gasteiger partial charge in [0.1, 0.15) is 0 Å². The van der Waals surface area contributed by atoms with Crippen molar-refractivity contribution in [1.82, 2.24) is 5.32 Å². The predicted molar refractivity (Wildman–Crippen MR) is 80.2 cm³/mol. The van der Waals surface area contributed by atoms with Crippen molar-refractivity contribution >= 4 is 5.91 Å². The highest BCUT2D eigenvalue weighted by Gasteiger charge is 2.16. The second-order valence-corrected chi connectivity index (χ2v) is 5.76. The zero-order valence-electron chi connectivity index (χ0n) is 12.1. The molecule has 1 aromatic carbocycles. The van der Waals surface area contributed by atoms with E-state index in [-0.39, 0.29) is 18.6 Å². The first-order chi connectivity index (χ1) is 9.79. The van der Waals surface area contributed by atoms with Crippen molar-refractivity contribution in [3.63, 3.8) is 0 Å².